The van der Waals surface area contributed by atoms with E-state index < -0.39 is 11.9 Å². The fraction of sp³-hybridized carbons (Fsp3) is 0.286. The molecule has 1 atom stereocenters. The van der Waals surface area contributed by atoms with Crippen LogP contribution in [0.25, 0.3) is 0 Å². The maximum absolute atomic E-state index is 13.2. The Balaban J connectivity index is 2.40. The normalized spacial score (nSPS) is 12.2. The number of benzene rings is 1. The van der Waals surface area contributed by atoms with Crippen LogP contribution in [-0.4, -0.2) is 15.7 Å². The van der Waals surface area contributed by atoms with Gasteiger partial charge in [-0.05, 0) is 32.0 Å². The van der Waals surface area contributed by atoms with Crippen LogP contribution in [-0.2, 0) is 11.8 Å². The summed E-state index contributed by atoms with van der Waals surface area (Å²) >= 11 is 0. The molecule has 3 N–H and O–H groups in total. The molecule has 0 aliphatic rings. The second-order valence-electron chi connectivity index (χ2n) is 4.70. The Hall–Kier alpha value is -2.37. The predicted octanol–water partition coefficient (Wildman–Crippen LogP) is 1.81. The van der Waals surface area contributed by atoms with Crippen molar-refractivity contribution < 1.29 is 9.18 Å². The van der Waals surface area contributed by atoms with Gasteiger partial charge in [-0.3, -0.25) is 9.48 Å². The number of halogens is 1. The molecule has 1 heterocycles. The van der Waals surface area contributed by atoms with E-state index in [1.807, 2.05) is 13.8 Å². The standard InChI is InChI=1S/C14H17FN4O/c1-8-12(9(2)19(3)18-8)13(14(16)20)17-11-6-4-5-10(15)7-11/h4-7,13,17H,1-3H3,(H2,16,20). The molecule has 0 saturated heterocycles. The van der Waals surface area contributed by atoms with Gasteiger partial charge in [0.15, 0.2) is 0 Å². The predicted molar refractivity (Wildman–Crippen MR) is 74.6 cm³/mol. The SMILES string of the molecule is Cc1nn(C)c(C)c1C(Nc1cccc(F)c1)C(N)=O. The Labute approximate surface area is 116 Å². The number of carbonyl (C=O) groups is 1. The lowest BCUT2D eigenvalue weighted by atomic mass is 10.0. The molecule has 1 aromatic heterocycles. The van der Waals surface area contributed by atoms with Crippen molar-refractivity contribution in [3.05, 3.63) is 47.0 Å². The summed E-state index contributed by atoms with van der Waals surface area (Å²) in [7, 11) is 1.80. The van der Waals surface area contributed by atoms with E-state index in [-0.39, 0.29) is 5.82 Å². The number of nitrogens with two attached hydrogens (primary N) is 1. The molecule has 2 rings (SSSR count). The summed E-state index contributed by atoms with van der Waals surface area (Å²) in [5.74, 6) is -0.911. The minimum atomic E-state index is -0.745. The molecule has 0 fully saturated rings. The fourth-order valence-corrected chi connectivity index (χ4v) is 2.24. The van der Waals surface area contributed by atoms with Gasteiger partial charge in [0.2, 0.25) is 5.91 Å². The number of anilines is 1. The maximum Gasteiger partial charge on any atom is 0.244 e. The van der Waals surface area contributed by atoms with E-state index in [0.29, 0.717) is 5.69 Å². The molecular weight excluding hydrogens is 259 g/mol. The van der Waals surface area contributed by atoms with Crippen molar-refractivity contribution in [2.24, 2.45) is 12.8 Å². The molecule has 6 heteroatoms. The molecule has 0 aliphatic heterocycles. The lowest BCUT2D eigenvalue weighted by Gasteiger charge is -2.17. The maximum atomic E-state index is 13.2. The monoisotopic (exact) mass is 276 g/mol. The Morgan fingerprint density at radius 3 is 2.65 bits per heavy atom. The van der Waals surface area contributed by atoms with Gasteiger partial charge >= 0.3 is 0 Å². The molecule has 1 amide bonds. The van der Waals surface area contributed by atoms with Crippen LogP contribution in [0, 0.1) is 19.7 Å². The van der Waals surface area contributed by atoms with Crippen LogP contribution in [0.1, 0.15) is 23.0 Å². The van der Waals surface area contributed by atoms with Gasteiger partial charge in [-0.2, -0.15) is 5.10 Å². The summed E-state index contributed by atoms with van der Waals surface area (Å²) in [6.07, 6.45) is 0. The second-order valence-corrected chi connectivity index (χ2v) is 4.70. The van der Waals surface area contributed by atoms with Gasteiger partial charge in [0.25, 0.3) is 0 Å². The third-order valence-corrected chi connectivity index (χ3v) is 3.27. The number of carbonyl (C=O) groups excluding carboxylic acids is 1. The molecule has 0 bridgehead atoms. The summed E-state index contributed by atoms with van der Waals surface area (Å²) in [5.41, 5.74) is 8.26. The highest BCUT2D eigenvalue weighted by Crippen LogP contribution is 2.25. The third kappa shape index (κ3) is 2.64. The lowest BCUT2D eigenvalue weighted by Crippen LogP contribution is -2.28. The summed E-state index contributed by atoms with van der Waals surface area (Å²) in [5, 5.41) is 7.23. The van der Waals surface area contributed by atoms with Gasteiger partial charge in [0.1, 0.15) is 11.9 Å². The molecule has 5 nitrogen and oxygen atoms in total. The molecule has 1 unspecified atom stereocenters. The van der Waals surface area contributed by atoms with E-state index >= 15 is 0 Å². The molecule has 106 valence electrons. The molecule has 0 spiro atoms. The lowest BCUT2D eigenvalue weighted by molar-refractivity contribution is -0.118. The molecule has 0 saturated carbocycles. The molecule has 0 aliphatic carbocycles. The summed E-state index contributed by atoms with van der Waals surface area (Å²) < 4.78 is 14.9. The van der Waals surface area contributed by atoms with Crippen molar-refractivity contribution in [1.29, 1.82) is 0 Å². The van der Waals surface area contributed by atoms with Gasteiger partial charge in [-0.1, -0.05) is 6.07 Å². The topological polar surface area (TPSA) is 72.9 Å². The summed E-state index contributed by atoms with van der Waals surface area (Å²) in [4.78, 5) is 11.7. The van der Waals surface area contributed by atoms with Crippen molar-refractivity contribution >= 4 is 11.6 Å². The van der Waals surface area contributed by atoms with E-state index in [1.54, 1.807) is 23.9 Å². The highest BCUT2D eigenvalue weighted by atomic mass is 19.1. The van der Waals surface area contributed by atoms with Crippen LogP contribution in [0.2, 0.25) is 0 Å². The van der Waals surface area contributed by atoms with Gasteiger partial charge in [-0.25, -0.2) is 4.39 Å². The second kappa shape index (κ2) is 5.32. The Kier molecular flexibility index (Phi) is 3.74. The number of nitrogens with zero attached hydrogens (tertiary/aromatic N) is 2. The molecule has 0 radical (unpaired) electrons. The Morgan fingerprint density at radius 2 is 2.15 bits per heavy atom. The van der Waals surface area contributed by atoms with E-state index in [4.69, 9.17) is 5.73 Å². The number of amides is 1. The smallest absolute Gasteiger partial charge is 0.244 e. The van der Waals surface area contributed by atoms with Crippen molar-refractivity contribution in [3.63, 3.8) is 0 Å². The minimum absolute atomic E-state index is 0.377. The van der Waals surface area contributed by atoms with Gasteiger partial charge in [0, 0.05) is 24.0 Å². The average molecular weight is 276 g/mol. The van der Waals surface area contributed by atoms with E-state index in [1.165, 1.54) is 12.1 Å². The number of aromatic nitrogens is 2. The van der Waals surface area contributed by atoms with Crippen LogP contribution in [0.4, 0.5) is 10.1 Å². The minimum Gasteiger partial charge on any atom is -0.370 e. The Bertz CT molecular complexity index is 651. The van der Waals surface area contributed by atoms with Crippen LogP contribution in [0.5, 0.6) is 0 Å². The van der Waals surface area contributed by atoms with Gasteiger partial charge in [-0.15, -0.1) is 0 Å². The first kappa shape index (κ1) is 14.0. The van der Waals surface area contributed by atoms with Crippen LogP contribution < -0.4 is 11.1 Å². The van der Waals surface area contributed by atoms with Crippen molar-refractivity contribution in [2.75, 3.05) is 5.32 Å². The average Bonchev–Trinajstić information content (AvgIpc) is 2.61. The van der Waals surface area contributed by atoms with Crippen LogP contribution >= 0.6 is 0 Å². The number of nitrogens with one attached hydrogen (secondary N) is 1. The molecule has 20 heavy (non-hydrogen) atoms. The Morgan fingerprint density at radius 1 is 1.45 bits per heavy atom. The summed E-state index contributed by atoms with van der Waals surface area (Å²) in [6, 6.07) is 5.16. The zero-order chi connectivity index (χ0) is 14.9. The fourth-order valence-electron chi connectivity index (χ4n) is 2.24. The third-order valence-electron chi connectivity index (χ3n) is 3.27. The van der Waals surface area contributed by atoms with Crippen molar-refractivity contribution in [2.45, 2.75) is 19.9 Å². The molecular formula is C14H17FN4O. The first-order chi connectivity index (χ1) is 9.40. The first-order valence-electron chi connectivity index (χ1n) is 6.21. The molecule has 1 aromatic carbocycles. The van der Waals surface area contributed by atoms with Crippen molar-refractivity contribution in [1.82, 2.24) is 9.78 Å². The first-order valence-corrected chi connectivity index (χ1v) is 6.21. The largest absolute Gasteiger partial charge is 0.370 e. The number of hydrogen-bond acceptors (Lipinski definition) is 3. The van der Waals surface area contributed by atoms with Gasteiger partial charge in [0.05, 0.1) is 5.69 Å². The van der Waals surface area contributed by atoms with Gasteiger partial charge < -0.3 is 11.1 Å². The zero-order valence-corrected chi connectivity index (χ0v) is 11.6. The highest BCUT2D eigenvalue weighted by Gasteiger charge is 2.24. The van der Waals surface area contributed by atoms with Crippen LogP contribution in [0.15, 0.2) is 24.3 Å². The van der Waals surface area contributed by atoms with Crippen molar-refractivity contribution in [3.8, 4) is 0 Å². The summed E-state index contributed by atoms with van der Waals surface area (Å²) in [6.45, 7) is 3.67. The number of primary amides is 1. The number of aryl methyl sites for hydroxylation is 2. The van der Waals surface area contributed by atoms with E-state index in [9.17, 15) is 9.18 Å². The number of hydrogen-bond donors (Lipinski definition) is 2. The van der Waals surface area contributed by atoms with E-state index in [2.05, 4.69) is 10.4 Å². The quantitative estimate of drug-likeness (QED) is 0.894. The van der Waals surface area contributed by atoms with E-state index in [0.717, 1.165) is 17.0 Å². The number of rotatable bonds is 4. The highest BCUT2D eigenvalue weighted by molar-refractivity contribution is 5.85. The molecule has 2 aromatic rings. The zero-order valence-electron chi connectivity index (χ0n) is 11.6. The van der Waals surface area contributed by atoms with Crippen LogP contribution in [0.3, 0.4) is 0 Å².